The van der Waals surface area contributed by atoms with E-state index in [1.807, 2.05) is 25.4 Å². The van der Waals surface area contributed by atoms with E-state index in [1.165, 1.54) is 0 Å². The van der Waals surface area contributed by atoms with E-state index in [-0.39, 0.29) is 0 Å². The minimum absolute atomic E-state index is 0.873. The fourth-order valence-electron chi connectivity index (χ4n) is 1.04. The molecule has 0 aromatic carbocycles. The summed E-state index contributed by atoms with van der Waals surface area (Å²) in [5.74, 6) is 0.873. The van der Waals surface area contributed by atoms with Gasteiger partial charge in [-0.25, -0.2) is 0 Å². The molecule has 0 saturated carbocycles. The predicted octanol–water partition coefficient (Wildman–Crippen LogP) is 2.31. The van der Waals surface area contributed by atoms with E-state index in [4.69, 9.17) is 0 Å². The summed E-state index contributed by atoms with van der Waals surface area (Å²) in [6, 6.07) is 1.94. The fourth-order valence-corrected chi connectivity index (χ4v) is 1.04. The van der Waals surface area contributed by atoms with Crippen LogP contribution in [0.1, 0.15) is 13.3 Å². The molecule has 0 aliphatic heterocycles. The second-order valence-electron chi connectivity index (χ2n) is 2.78. The molecule has 1 aromatic rings. The van der Waals surface area contributed by atoms with Crippen LogP contribution in [0.15, 0.2) is 36.7 Å². The molecule has 0 fully saturated rings. The maximum Gasteiger partial charge on any atom is 0.152 e. The number of rotatable bonds is 4. The molecule has 1 N–H and O–H groups in total. The van der Waals surface area contributed by atoms with Gasteiger partial charge in [0.1, 0.15) is 0 Å². The van der Waals surface area contributed by atoms with Crippen LogP contribution >= 0.6 is 0 Å². The smallest absolute Gasteiger partial charge is 0.152 e. The van der Waals surface area contributed by atoms with Crippen molar-refractivity contribution >= 4 is 5.82 Å². The second kappa shape index (κ2) is 4.50. The molecule has 1 heterocycles. The van der Waals surface area contributed by atoms with Gasteiger partial charge in [0.2, 0.25) is 0 Å². The molecule has 0 aliphatic rings. The molecular formula is C10H15N3. The molecule has 1 rings (SSSR count). The maximum absolute atomic E-state index is 4.21. The number of aromatic nitrogens is 2. The zero-order chi connectivity index (χ0) is 9.68. The Labute approximate surface area is 78.8 Å². The van der Waals surface area contributed by atoms with Crippen LogP contribution in [0.4, 0.5) is 5.82 Å². The first-order valence-corrected chi connectivity index (χ1v) is 4.34. The van der Waals surface area contributed by atoms with Gasteiger partial charge < -0.3 is 5.32 Å². The van der Waals surface area contributed by atoms with E-state index < -0.39 is 0 Å². The third kappa shape index (κ3) is 2.78. The Morgan fingerprint density at radius 2 is 2.54 bits per heavy atom. The number of nitrogens with one attached hydrogen (secondary N) is 1. The maximum atomic E-state index is 4.21. The molecule has 0 bridgehead atoms. The zero-order valence-electron chi connectivity index (χ0n) is 8.12. The topological polar surface area (TPSA) is 29.9 Å². The Morgan fingerprint density at radius 1 is 1.77 bits per heavy atom. The van der Waals surface area contributed by atoms with Gasteiger partial charge in [-0.1, -0.05) is 19.6 Å². The Balaban J connectivity index is 2.67. The van der Waals surface area contributed by atoms with Crippen LogP contribution in [-0.2, 0) is 7.05 Å². The minimum Gasteiger partial charge on any atom is -0.342 e. The van der Waals surface area contributed by atoms with E-state index in [2.05, 4.69) is 23.9 Å². The van der Waals surface area contributed by atoms with Gasteiger partial charge in [0.05, 0.1) is 0 Å². The van der Waals surface area contributed by atoms with E-state index >= 15 is 0 Å². The first kappa shape index (κ1) is 9.58. The lowest BCUT2D eigenvalue weighted by Crippen LogP contribution is -1.99. The largest absolute Gasteiger partial charge is 0.342 e. The molecule has 13 heavy (non-hydrogen) atoms. The first-order valence-electron chi connectivity index (χ1n) is 4.34. The summed E-state index contributed by atoms with van der Waals surface area (Å²) in [5, 5.41) is 7.42. The Hall–Kier alpha value is -1.51. The lowest BCUT2D eigenvalue weighted by Gasteiger charge is -2.04. The third-order valence-corrected chi connectivity index (χ3v) is 1.70. The van der Waals surface area contributed by atoms with Crippen LogP contribution in [-0.4, -0.2) is 9.78 Å². The predicted molar refractivity (Wildman–Crippen MR) is 55.4 cm³/mol. The summed E-state index contributed by atoms with van der Waals surface area (Å²) >= 11 is 0. The molecule has 0 aliphatic carbocycles. The zero-order valence-corrected chi connectivity index (χ0v) is 8.12. The normalized spacial score (nSPS) is 11.4. The van der Waals surface area contributed by atoms with E-state index in [1.54, 1.807) is 10.8 Å². The number of aryl methyl sites for hydroxylation is 1. The molecular weight excluding hydrogens is 162 g/mol. The van der Waals surface area contributed by atoms with E-state index in [0.29, 0.717) is 0 Å². The molecule has 0 unspecified atom stereocenters. The van der Waals surface area contributed by atoms with Gasteiger partial charge in [-0.3, -0.25) is 4.68 Å². The van der Waals surface area contributed by atoms with Gasteiger partial charge in [-0.15, -0.1) is 0 Å². The summed E-state index contributed by atoms with van der Waals surface area (Å²) in [5.41, 5.74) is 1.12. The molecule has 0 saturated heterocycles. The molecule has 3 heteroatoms. The van der Waals surface area contributed by atoms with Crippen molar-refractivity contribution in [2.24, 2.45) is 7.05 Å². The number of anilines is 1. The van der Waals surface area contributed by atoms with Gasteiger partial charge >= 0.3 is 0 Å². The van der Waals surface area contributed by atoms with Crippen molar-refractivity contribution in [1.82, 2.24) is 9.78 Å². The summed E-state index contributed by atoms with van der Waals surface area (Å²) in [6.45, 7) is 5.74. The Bertz CT molecular complexity index is 310. The standard InChI is InChI=1S/C10H15N3/c1-4-6-9(5-2)11-10-7-8-13(3)12-10/h4,6-8H,1,5H2,2-3H3,(H,11,12)/b9-6+. The molecule has 0 spiro atoms. The van der Waals surface area contributed by atoms with Crippen molar-refractivity contribution in [2.75, 3.05) is 5.32 Å². The van der Waals surface area contributed by atoms with Gasteiger partial charge in [0.25, 0.3) is 0 Å². The van der Waals surface area contributed by atoms with Crippen LogP contribution < -0.4 is 5.32 Å². The summed E-state index contributed by atoms with van der Waals surface area (Å²) in [4.78, 5) is 0. The van der Waals surface area contributed by atoms with E-state index in [9.17, 15) is 0 Å². The average Bonchev–Trinajstić information content (AvgIpc) is 2.50. The number of hydrogen-bond acceptors (Lipinski definition) is 2. The van der Waals surface area contributed by atoms with Crippen molar-refractivity contribution in [2.45, 2.75) is 13.3 Å². The first-order chi connectivity index (χ1) is 6.26. The summed E-state index contributed by atoms with van der Waals surface area (Å²) in [6.07, 6.45) is 6.58. The van der Waals surface area contributed by atoms with Crippen molar-refractivity contribution in [3.05, 3.63) is 36.7 Å². The quantitative estimate of drug-likeness (QED) is 0.715. The van der Waals surface area contributed by atoms with E-state index in [0.717, 1.165) is 17.9 Å². The second-order valence-corrected chi connectivity index (χ2v) is 2.78. The van der Waals surface area contributed by atoms with Gasteiger partial charge in [-0.2, -0.15) is 5.10 Å². The lowest BCUT2D eigenvalue weighted by atomic mass is 10.3. The fraction of sp³-hybridized carbons (Fsp3) is 0.300. The number of allylic oxidation sites excluding steroid dienone is 3. The highest BCUT2D eigenvalue weighted by molar-refractivity contribution is 5.40. The van der Waals surface area contributed by atoms with Crippen LogP contribution in [0.3, 0.4) is 0 Å². The van der Waals surface area contributed by atoms with Gasteiger partial charge in [0.15, 0.2) is 5.82 Å². The molecule has 70 valence electrons. The average molecular weight is 177 g/mol. The number of nitrogens with zero attached hydrogens (tertiary/aromatic N) is 2. The monoisotopic (exact) mass is 177 g/mol. The summed E-state index contributed by atoms with van der Waals surface area (Å²) in [7, 11) is 1.90. The minimum atomic E-state index is 0.873. The Kier molecular flexibility index (Phi) is 3.31. The van der Waals surface area contributed by atoms with Crippen molar-refractivity contribution in [3.63, 3.8) is 0 Å². The molecule has 3 nitrogen and oxygen atoms in total. The highest BCUT2D eigenvalue weighted by Gasteiger charge is 1.96. The van der Waals surface area contributed by atoms with Crippen molar-refractivity contribution in [3.8, 4) is 0 Å². The lowest BCUT2D eigenvalue weighted by molar-refractivity contribution is 0.770. The summed E-state index contributed by atoms with van der Waals surface area (Å²) < 4.78 is 1.77. The van der Waals surface area contributed by atoms with Gasteiger partial charge in [-0.05, 0) is 12.5 Å². The highest BCUT2D eigenvalue weighted by atomic mass is 15.3. The van der Waals surface area contributed by atoms with Crippen molar-refractivity contribution in [1.29, 1.82) is 0 Å². The molecule has 0 radical (unpaired) electrons. The number of hydrogen-bond donors (Lipinski definition) is 1. The third-order valence-electron chi connectivity index (χ3n) is 1.70. The van der Waals surface area contributed by atoms with Crippen LogP contribution in [0.2, 0.25) is 0 Å². The molecule has 1 aromatic heterocycles. The van der Waals surface area contributed by atoms with Crippen LogP contribution in [0, 0.1) is 0 Å². The molecule has 0 atom stereocenters. The van der Waals surface area contributed by atoms with Crippen molar-refractivity contribution < 1.29 is 0 Å². The SMILES string of the molecule is C=C/C=C(\CC)Nc1ccn(C)n1. The van der Waals surface area contributed by atoms with Crippen LogP contribution in [0.25, 0.3) is 0 Å². The van der Waals surface area contributed by atoms with Crippen LogP contribution in [0.5, 0.6) is 0 Å². The Morgan fingerprint density at radius 3 is 3.00 bits per heavy atom. The van der Waals surface area contributed by atoms with Gasteiger partial charge in [0, 0.05) is 25.0 Å². The highest BCUT2D eigenvalue weighted by Crippen LogP contribution is 2.08. The molecule has 0 amide bonds.